The molecule has 0 bridgehead atoms. The largest absolute Gasteiger partial charge is 0.343 e. The van der Waals surface area contributed by atoms with Crippen molar-refractivity contribution in [2.45, 2.75) is 38.6 Å². The van der Waals surface area contributed by atoms with Crippen LogP contribution in [0.2, 0.25) is 0 Å². The van der Waals surface area contributed by atoms with Crippen molar-refractivity contribution in [1.82, 2.24) is 15.1 Å². The van der Waals surface area contributed by atoms with E-state index < -0.39 is 0 Å². The minimum absolute atomic E-state index is 0. The molecule has 19 heavy (non-hydrogen) atoms. The van der Waals surface area contributed by atoms with Crippen molar-refractivity contribution in [2.75, 3.05) is 39.8 Å². The van der Waals surface area contributed by atoms with E-state index in [-0.39, 0.29) is 18.3 Å². The van der Waals surface area contributed by atoms with Gasteiger partial charge in [-0.3, -0.25) is 4.79 Å². The molecule has 0 spiro atoms. The highest BCUT2D eigenvalue weighted by molar-refractivity contribution is 5.85. The van der Waals surface area contributed by atoms with Crippen LogP contribution in [0.5, 0.6) is 0 Å². The van der Waals surface area contributed by atoms with Gasteiger partial charge in [0.15, 0.2) is 0 Å². The topological polar surface area (TPSA) is 35.6 Å². The smallest absolute Gasteiger partial charge is 0.219 e. The zero-order valence-electron chi connectivity index (χ0n) is 12.2. The molecule has 2 rings (SSSR count). The number of likely N-dealkylation sites (tertiary alicyclic amines) is 1. The Bertz CT molecular complexity index is 274. The Morgan fingerprint density at radius 3 is 2.32 bits per heavy atom. The Morgan fingerprint density at radius 1 is 1.21 bits per heavy atom. The molecule has 0 saturated carbocycles. The predicted octanol–water partition coefficient (Wildman–Crippen LogP) is 1.35. The van der Waals surface area contributed by atoms with Crippen LogP contribution >= 0.6 is 12.4 Å². The summed E-state index contributed by atoms with van der Waals surface area (Å²) in [7, 11) is 1.94. The second-order valence-corrected chi connectivity index (χ2v) is 5.86. The highest BCUT2D eigenvalue weighted by Crippen LogP contribution is 2.19. The van der Waals surface area contributed by atoms with Gasteiger partial charge in [0.1, 0.15) is 0 Å². The van der Waals surface area contributed by atoms with Crippen LogP contribution in [0.15, 0.2) is 0 Å². The zero-order chi connectivity index (χ0) is 13.0. The Balaban J connectivity index is 0.00000180. The Kier molecular flexibility index (Phi) is 7.11. The van der Waals surface area contributed by atoms with Crippen LogP contribution in [-0.4, -0.2) is 61.5 Å². The summed E-state index contributed by atoms with van der Waals surface area (Å²) in [6.45, 7) is 7.63. The number of rotatable bonds is 3. The molecule has 0 aromatic rings. The summed E-state index contributed by atoms with van der Waals surface area (Å²) in [6.07, 6.45) is 4.93. The first-order valence-corrected chi connectivity index (χ1v) is 7.33. The molecular formula is C14H28ClN3O. The zero-order valence-corrected chi connectivity index (χ0v) is 13.0. The van der Waals surface area contributed by atoms with Gasteiger partial charge in [0.05, 0.1) is 0 Å². The number of piperidine rings is 2. The normalized spacial score (nSPS) is 22.8. The Hall–Kier alpha value is -0.320. The van der Waals surface area contributed by atoms with Gasteiger partial charge in [-0.05, 0) is 44.7 Å². The van der Waals surface area contributed by atoms with Crippen LogP contribution in [0, 0.1) is 5.92 Å². The number of hydrogen-bond acceptors (Lipinski definition) is 3. The standard InChI is InChI=1S/C14H27N3O.ClH/c1-12(18)16(2)14-5-9-17(10-6-14)11-13-3-7-15-8-4-13;/h13-15H,3-11H2,1-2H3;1H. The van der Waals surface area contributed by atoms with Crippen molar-refractivity contribution < 1.29 is 4.79 Å². The fourth-order valence-electron chi connectivity index (χ4n) is 3.18. The van der Waals surface area contributed by atoms with Crippen LogP contribution < -0.4 is 5.32 Å². The molecule has 0 aromatic carbocycles. The molecule has 1 N–H and O–H groups in total. The van der Waals surface area contributed by atoms with Crippen LogP contribution in [0.4, 0.5) is 0 Å². The van der Waals surface area contributed by atoms with Crippen LogP contribution in [0.3, 0.4) is 0 Å². The van der Waals surface area contributed by atoms with Crippen molar-refractivity contribution in [3.8, 4) is 0 Å². The van der Waals surface area contributed by atoms with E-state index in [9.17, 15) is 4.79 Å². The third-order valence-corrected chi connectivity index (χ3v) is 4.58. The van der Waals surface area contributed by atoms with Gasteiger partial charge in [-0.25, -0.2) is 0 Å². The van der Waals surface area contributed by atoms with Gasteiger partial charge in [0, 0.05) is 39.6 Å². The van der Waals surface area contributed by atoms with E-state index in [2.05, 4.69) is 10.2 Å². The lowest BCUT2D eigenvalue weighted by molar-refractivity contribution is -0.130. The van der Waals surface area contributed by atoms with Gasteiger partial charge in [-0.2, -0.15) is 0 Å². The minimum Gasteiger partial charge on any atom is -0.343 e. The lowest BCUT2D eigenvalue weighted by Crippen LogP contribution is -2.46. The van der Waals surface area contributed by atoms with E-state index in [1.807, 2.05) is 11.9 Å². The summed E-state index contributed by atoms with van der Waals surface area (Å²) in [5, 5.41) is 3.42. The van der Waals surface area contributed by atoms with Crippen molar-refractivity contribution in [3.05, 3.63) is 0 Å². The Labute approximate surface area is 123 Å². The fraction of sp³-hybridized carbons (Fsp3) is 0.929. The highest BCUT2D eigenvalue weighted by Gasteiger charge is 2.25. The van der Waals surface area contributed by atoms with E-state index in [4.69, 9.17) is 0 Å². The molecule has 2 saturated heterocycles. The number of amides is 1. The van der Waals surface area contributed by atoms with Crippen LogP contribution in [0.25, 0.3) is 0 Å². The Morgan fingerprint density at radius 2 is 1.79 bits per heavy atom. The van der Waals surface area contributed by atoms with Crippen molar-refractivity contribution >= 4 is 18.3 Å². The molecule has 2 aliphatic heterocycles. The van der Waals surface area contributed by atoms with Gasteiger partial charge in [-0.1, -0.05) is 0 Å². The molecule has 5 heteroatoms. The summed E-state index contributed by atoms with van der Waals surface area (Å²) in [5.41, 5.74) is 0. The molecular weight excluding hydrogens is 262 g/mol. The van der Waals surface area contributed by atoms with E-state index in [1.54, 1.807) is 6.92 Å². The number of halogens is 1. The van der Waals surface area contributed by atoms with Gasteiger partial charge in [-0.15, -0.1) is 12.4 Å². The monoisotopic (exact) mass is 289 g/mol. The number of nitrogens with zero attached hydrogens (tertiary/aromatic N) is 2. The molecule has 2 fully saturated rings. The predicted molar refractivity (Wildman–Crippen MR) is 80.7 cm³/mol. The van der Waals surface area contributed by atoms with Crippen molar-refractivity contribution in [1.29, 1.82) is 0 Å². The summed E-state index contributed by atoms with van der Waals surface area (Å²) < 4.78 is 0. The summed E-state index contributed by atoms with van der Waals surface area (Å²) in [6, 6.07) is 0.465. The van der Waals surface area contributed by atoms with Gasteiger partial charge in [0.25, 0.3) is 0 Å². The third-order valence-electron chi connectivity index (χ3n) is 4.58. The molecule has 0 aromatic heterocycles. The molecule has 4 nitrogen and oxygen atoms in total. The molecule has 0 radical (unpaired) electrons. The summed E-state index contributed by atoms with van der Waals surface area (Å²) >= 11 is 0. The van der Waals surface area contributed by atoms with Gasteiger partial charge in [0.2, 0.25) is 5.91 Å². The molecule has 112 valence electrons. The molecule has 2 aliphatic rings. The van der Waals surface area contributed by atoms with Crippen LogP contribution in [-0.2, 0) is 4.79 Å². The van der Waals surface area contributed by atoms with E-state index in [1.165, 1.54) is 32.5 Å². The van der Waals surface area contributed by atoms with E-state index in [0.717, 1.165) is 31.8 Å². The third kappa shape index (κ3) is 4.93. The molecule has 1 amide bonds. The van der Waals surface area contributed by atoms with Gasteiger partial charge < -0.3 is 15.1 Å². The maximum Gasteiger partial charge on any atom is 0.219 e. The summed E-state index contributed by atoms with van der Waals surface area (Å²) in [5.74, 6) is 1.08. The summed E-state index contributed by atoms with van der Waals surface area (Å²) in [4.78, 5) is 15.9. The molecule has 0 atom stereocenters. The maximum atomic E-state index is 11.3. The van der Waals surface area contributed by atoms with Gasteiger partial charge >= 0.3 is 0 Å². The number of carbonyl (C=O) groups is 1. The molecule has 0 aliphatic carbocycles. The SMILES string of the molecule is CC(=O)N(C)C1CCN(CC2CCNCC2)CC1.Cl. The number of carbonyl (C=O) groups excluding carboxylic acids is 1. The minimum atomic E-state index is 0. The first kappa shape index (κ1) is 16.7. The molecule has 2 heterocycles. The molecule has 0 unspecified atom stereocenters. The lowest BCUT2D eigenvalue weighted by Gasteiger charge is -2.38. The average Bonchev–Trinajstić information content (AvgIpc) is 2.40. The van der Waals surface area contributed by atoms with Crippen molar-refractivity contribution in [2.24, 2.45) is 5.92 Å². The quantitative estimate of drug-likeness (QED) is 0.852. The van der Waals surface area contributed by atoms with E-state index >= 15 is 0 Å². The number of hydrogen-bond donors (Lipinski definition) is 1. The number of nitrogens with one attached hydrogen (secondary N) is 1. The maximum absolute atomic E-state index is 11.3. The fourth-order valence-corrected chi connectivity index (χ4v) is 3.18. The average molecular weight is 290 g/mol. The lowest BCUT2D eigenvalue weighted by atomic mass is 9.95. The van der Waals surface area contributed by atoms with Crippen LogP contribution in [0.1, 0.15) is 32.6 Å². The highest BCUT2D eigenvalue weighted by atomic mass is 35.5. The van der Waals surface area contributed by atoms with E-state index in [0.29, 0.717) is 6.04 Å². The first-order chi connectivity index (χ1) is 8.66. The second-order valence-electron chi connectivity index (χ2n) is 5.86. The van der Waals surface area contributed by atoms with Crippen molar-refractivity contribution in [3.63, 3.8) is 0 Å². The second kappa shape index (κ2) is 8.08. The first-order valence-electron chi connectivity index (χ1n) is 7.33.